The van der Waals surface area contributed by atoms with Crippen molar-refractivity contribution >= 4 is 6.03 Å². The molecule has 2 amide bonds. The Bertz CT molecular complexity index is 339. The summed E-state index contributed by atoms with van der Waals surface area (Å²) in [6, 6.07) is 9.42. The van der Waals surface area contributed by atoms with Gasteiger partial charge in [-0.05, 0) is 24.3 Å². The van der Waals surface area contributed by atoms with Crippen LogP contribution >= 0.6 is 0 Å². The third-order valence-electron chi connectivity index (χ3n) is 2.49. The fourth-order valence-corrected chi connectivity index (χ4v) is 1.51. The summed E-state index contributed by atoms with van der Waals surface area (Å²) in [6.45, 7) is 5.39. The number of urea groups is 1. The summed E-state index contributed by atoms with van der Waals surface area (Å²) in [4.78, 5) is 16.4. The molecule has 0 saturated heterocycles. The van der Waals surface area contributed by atoms with E-state index in [2.05, 4.69) is 24.6 Å². The Kier molecular flexibility index (Phi) is 6.87. The maximum absolute atomic E-state index is 11.3. The number of hydroxylamine groups is 1. The Morgan fingerprint density at radius 1 is 1.28 bits per heavy atom. The van der Waals surface area contributed by atoms with Crippen molar-refractivity contribution in [3.05, 3.63) is 35.9 Å². The predicted octanol–water partition coefficient (Wildman–Crippen LogP) is 2.85. The van der Waals surface area contributed by atoms with Gasteiger partial charge in [0.25, 0.3) is 0 Å². The molecule has 100 valence electrons. The number of carbonyl (C=O) groups is 1. The van der Waals surface area contributed by atoms with E-state index in [9.17, 15) is 4.79 Å². The summed E-state index contributed by atoms with van der Waals surface area (Å²) in [6.07, 6.45) is 2.11. The number of rotatable bonds is 7. The first-order valence-corrected chi connectivity index (χ1v) is 6.38. The standard InChI is InChI=1S/C14H22N2O2/c1-12(2)7-6-10-15-14(17)16-18-11-13-8-4-3-5-9-13/h3-5,8-9,12H,6-7,10-11H2,1-2H3,(H2,15,16,17). The molecule has 0 aliphatic carbocycles. The first-order chi connectivity index (χ1) is 8.68. The Morgan fingerprint density at radius 3 is 2.67 bits per heavy atom. The van der Waals surface area contributed by atoms with Crippen LogP contribution in [0.25, 0.3) is 0 Å². The average molecular weight is 250 g/mol. The number of nitrogens with one attached hydrogen (secondary N) is 2. The van der Waals surface area contributed by atoms with Crippen molar-refractivity contribution in [3.8, 4) is 0 Å². The van der Waals surface area contributed by atoms with Gasteiger partial charge in [-0.3, -0.25) is 4.84 Å². The van der Waals surface area contributed by atoms with E-state index in [1.165, 1.54) is 0 Å². The highest BCUT2D eigenvalue weighted by molar-refractivity contribution is 5.72. The van der Waals surface area contributed by atoms with Gasteiger partial charge in [0.15, 0.2) is 0 Å². The smallest absolute Gasteiger partial charge is 0.336 e. The molecule has 4 nitrogen and oxygen atoms in total. The van der Waals surface area contributed by atoms with Crippen LogP contribution in [0.5, 0.6) is 0 Å². The van der Waals surface area contributed by atoms with E-state index in [1.807, 2.05) is 30.3 Å². The lowest BCUT2D eigenvalue weighted by Crippen LogP contribution is -2.35. The third-order valence-corrected chi connectivity index (χ3v) is 2.49. The van der Waals surface area contributed by atoms with Crippen molar-refractivity contribution in [2.75, 3.05) is 6.54 Å². The molecule has 18 heavy (non-hydrogen) atoms. The number of carbonyl (C=O) groups excluding carboxylic acids is 1. The zero-order valence-electron chi connectivity index (χ0n) is 11.1. The highest BCUT2D eigenvalue weighted by Crippen LogP contribution is 2.01. The summed E-state index contributed by atoms with van der Waals surface area (Å²) in [5, 5.41) is 2.75. The maximum atomic E-state index is 11.3. The van der Waals surface area contributed by atoms with E-state index >= 15 is 0 Å². The topological polar surface area (TPSA) is 50.4 Å². The summed E-state index contributed by atoms with van der Waals surface area (Å²) in [5.41, 5.74) is 3.39. The first kappa shape index (κ1) is 14.5. The van der Waals surface area contributed by atoms with Crippen LogP contribution in [0.3, 0.4) is 0 Å². The summed E-state index contributed by atoms with van der Waals surface area (Å²) in [7, 11) is 0. The lowest BCUT2D eigenvalue weighted by atomic mass is 10.1. The normalized spacial score (nSPS) is 10.4. The highest BCUT2D eigenvalue weighted by Gasteiger charge is 2.00. The van der Waals surface area contributed by atoms with Crippen LogP contribution in [0.4, 0.5) is 4.79 Å². The van der Waals surface area contributed by atoms with Gasteiger partial charge >= 0.3 is 6.03 Å². The minimum atomic E-state index is -0.283. The molecule has 0 radical (unpaired) electrons. The van der Waals surface area contributed by atoms with Crippen LogP contribution in [0, 0.1) is 5.92 Å². The Hall–Kier alpha value is -1.55. The van der Waals surface area contributed by atoms with Crippen molar-refractivity contribution in [1.29, 1.82) is 0 Å². The Balaban J connectivity index is 2.03. The van der Waals surface area contributed by atoms with Gasteiger partial charge in [0.05, 0.1) is 6.61 Å². The first-order valence-electron chi connectivity index (χ1n) is 6.38. The van der Waals surface area contributed by atoms with E-state index in [-0.39, 0.29) is 6.03 Å². The van der Waals surface area contributed by atoms with Crippen molar-refractivity contribution in [1.82, 2.24) is 10.8 Å². The molecule has 4 heteroatoms. The van der Waals surface area contributed by atoms with Crippen LogP contribution in [0.1, 0.15) is 32.3 Å². The molecule has 0 unspecified atom stereocenters. The van der Waals surface area contributed by atoms with Gasteiger partial charge in [-0.15, -0.1) is 0 Å². The third kappa shape index (κ3) is 6.91. The molecule has 1 rings (SSSR count). The van der Waals surface area contributed by atoms with Crippen molar-refractivity contribution < 1.29 is 9.63 Å². The van der Waals surface area contributed by atoms with E-state index in [1.54, 1.807) is 0 Å². The van der Waals surface area contributed by atoms with Crippen LogP contribution < -0.4 is 10.8 Å². The number of hydrogen-bond acceptors (Lipinski definition) is 2. The second-order valence-corrected chi connectivity index (χ2v) is 4.67. The lowest BCUT2D eigenvalue weighted by molar-refractivity contribution is 0.0491. The SMILES string of the molecule is CC(C)CCCNC(=O)NOCc1ccccc1. The monoisotopic (exact) mass is 250 g/mol. The van der Waals surface area contributed by atoms with E-state index in [0.717, 1.165) is 18.4 Å². The van der Waals surface area contributed by atoms with Crippen molar-refractivity contribution in [3.63, 3.8) is 0 Å². The molecule has 0 heterocycles. The molecule has 0 aliphatic heterocycles. The molecule has 0 spiro atoms. The molecule has 0 aliphatic rings. The minimum absolute atomic E-state index is 0.283. The largest absolute Gasteiger partial charge is 0.338 e. The molecule has 1 aromatic carbocycles. The molecule has 0 atom stereocenters. The summed E-state index contributed by atoms with van der Waals surface area (Å²) < 4.78 is 0. The van der Waals surface area contributed by atoms with Gasteiger partial charge in [-0.2, -0.15) is 0 Å². The van der Waals surface area contributed by atoms with Crippen LogP contribution in [-0.2, 0) is 11.4 Å². The van der Waals surface area contributed by atoms with Crippen LogP contribution in [0.15, 0.2) is 30.3 Å². The quantitative estimate of drug-likeness (QED) is 0.577. The van der Waals surface area contributed by atoms with Crippen molar-refractivity contribution in [2.24, 2.45) is 5.92 Å². The fourth-order valence-electron chi connectivity index (χ4n) is 1.51. The zero-order valence-corrected chi connectivity index (χ0v) is 11.1. The van der Waals surface area contributed by atoms with Crippen molar-refractivity contribution in [2.45, 2.75) is 33.3 Å². The molecule has 0 fully saturated rings. The maximum Gasteiger partial charge on any atom is 0.338 e. The van der Waals surface area contributed by atoms with Gasteiger partial charge in [0, 0.05) is 6.54 Å². The minimum Gasteiger partial charge on any atom is -0.336 e. The molecule has 0 saturated carbocycles. The van der Waals surface area contributed by atoms with Crippen LogP contribution in [0.2, 0.25) is 0 Å². The number of benzene rings is 1. The predicted molar refractivity (Wildman–Crippen MR) is 71.8 cm³/mol. The number of hydrogen-bond donors (Lipinski definition) is 2. The molecular formula is C14H22N2O2. The molecule has 1 aromatic rings. The Labute approximate surface area is 109 Å². The summed E-state index contributed by atoms with van der Waals surface area (Å²) >= 11 is 0. The van der Waals surface area contributed by atoms with Gasteiger partial charge in [0.1, 0.15) is 0 Å². The second-order valence-electron chi connectivity index (χ2n) is 4.67. The number of amides is 2. The Morgan fingerprint density at radius 2 is 2.00 bits per heavy atom. The van der Waals surface area contributed by atoms with E-state index in [4.69, 9.17) is 4.84 Å². The average Bonchev–Trinajstić information content (AvgIpc) is 2.36. The second kappa shape index (κ2) is 8.53. The highest BCUT2D eigenvalue weighted by atomic mass is 16.7. The van der Waals surface area contributed by atoms with E-state index in [0.29, 0.717) is 19.1 Å². The van der Waals surface area contributed by atoms with E-state index < -0.39 is 0 Å². The van der Waals surface area contributed by atoms with Gasteiger partial charge in [0.2, 0.25) is 0 Å². The molecular weight excluding hydrogens is 228 g/mol. The molecule has 0 bridgehead atoms. The van der Waals surface area contributed by atoms with Crippen LogP contribution in [-0.4, -0.2) is 12.6 Å². The van der Waals surface area contributed by atoms with Gasteiger partial charge in [-0.1, -0.05) is 44.2 Å². The zero-order chi connectivity index (χ0) is 13.2. The molecule has 0 aromatic heterocycles. The fraction of sp³-hybridized carbons (Fsp3) is 0.500. The summed E-state index contributed by atoms with van der Waals surface area (Å²) in [5.74, 6) is 0.671. The van der Waals surface area contributed by atoms with Gasteiger partial charge in [-0.25, -0.2) is 10.3 Å². The molecule has 2 N–H and O–H groups in total. The van der Waals surface area contributed by atoms with Gasteiger partial charge < -0.3 is 5.32 Å². The lowest BCUT2D eigenvalue weighted by Gasteiger charge is -2.08.